The van der Waals surface area contributed by atoms with E-state index in [2.05, 4.69) is 26.0 Å². The maximum atomic E-state index is 11.1. The molecule has 0 aliphatic heterocycles. The minimum absolute atomic E-state index is 0.218. The van der Waals surface area contributed by atoms with Crippen LogP contribution < -0.4 is 0 Å². The molecular weight excluding hydrogens is 184 g/mol. The first kappa shape index (κ1) is 9.89. The largest absolute Gasteiger partial charge is 0.389 e. The molecule has 3 aliphatic rings. The fourth-order valence-corrected chi connectivity index (χ4v) is 5.11. The van der Waals surface area contributed by atoms with E-state index in [-0.39, 0.29) is 11.0 Å². The summed E-state index contributed by atoms with van der Waals surface area (Å²) >= 11 is 0. The molecule has 0 amide bonds. The molecule has 2 fully saturated rings. The van der Waals surface area contributed by atoms with Crippen LogP contribution in [0, 0.1) is 23.2 Å². The van der Waals surface area contributed by atoms with Gasteiger partial charge in [0.25, 0.3) is 0 Å². The Hall–Kier alpha value is -0.300. The van der Waals surface area contributed by atoms with Gasteiger partial charge in [0, 0.05) is 5.41 Å². The zero-order valence-corrected chi connectivity index (χ0v) is 9.87. The van der Waals surface area contributed by atoms with E-state index in [0.29, 0.717) is 17.8 Å². The maximum Gasteiger partial charge on any atom is 0.0740 e. The normalized spacial score (nSPS) is 56.3. The van der Waals surface area contributed by atoms with Gasteiger partial charge in [0.15, 0.2) is 0 Å². The van der Waals surface area contributed by atoms with Gasteiger partial charge in [-0.15, -0.1) is 0 Å². The van der Waals surface area contributed by atoms with E-state index in [1.165, 1.54) is 19.3 Å². The summed E-state index contributed by atoms with van der Waals surface area (Å²) < 4.78 is 0. The number of allylic oxidation sites excluding steroid dienone is 2. The van der Waals surface area contributed by atoms with Crippen molar-refractivity contribution in [2.45, 2.75) is 51.6 Å². The van der Waals surface area contributed by atoms with Gasteiger partial charge in [-0.3, -0.25) is 0 Å². The van der Waals surface area contributed by atoms with E-state index < -0.39 is 0 Å². The van der Waals surface area contributed by atoms with Gasteiger partial charge in [-0.1, -0.05) is 26.0 Å². The first-order valence-corrected chi connectivity index (χ1v) is 6.58. The Kier molecular flexibility index (Phi) is 1.90. The first-order valence-electron chi connectivity index (χ1n) is 6.58. The van der Waals surface area contributed by atoms with Crippen molar-refractivity contribution in [3.8, 4) is 0 Å². The summed E-state index contributed by atoms with van der Waals surface area (Å²) in [4.78, 5) is 0. The average Bonchev–Trinajstić information content (AvgIpc) is 2.73. The summed E-state index contributed by atoms with van der Waals surface area (Å²) in [5, 5.41) is 11.1. The highest BCUT2D eigenvalue weighted by Crippen LogP contribution is 2.67. The van der Waals surface area contributed by atoms with Crippen LogP contribution in [0.1, 0.15) is 46.0 Å². The molecule has 15 heavy (non-hydrogen) atoms. The second kappa shape index (κ2) is 2.88. The van der Waals surface area contributed by atoms with Crippen molar-refractivity contribution in [2.24, 2.45) is 23.2 Å². The molecule has 5 atom stereocenters. The summed E-state index contributed by atoms with van der Waals surface area (Å²) in [5.74, 6) is 1.90. The number of fused-ring (bicyclic) bond motifs is 6. The molecule has 0 aromatic carbocycles. The second-order valence-electron chi connectivity index (χ2n) is 5.82. The summed E-state index contributed by atoms with van der Waals surface area (Å²) in [6.45, 7) is 4.45. The van der Waals surface area contributed by atoms with Crippen LogP contribution in [0.15, 0.2) is 12.2 Å². The van der Waals surface area contributed by atoms with Gasteiger partial charge in [-0.2, -0.15) is 0 Å². The van der Waals surface area contributed by atoms with Gasteiger partial charge in [-0.25, -0.2) is 0 Å². The number of hydrogen-bond acceptors (Lipinski definition) is 1. The van der Waals surface area contributed by atoms with Crippen LogP contribution in [0.3, 0.4) is 0 Å². The predicted molar refractivity (Wildman–Crippen MR) is 61.4 cm³/mol. The zero-order chi connectivity index (χ0) is 10.7. The quantitative estimate of drug-likeness (QED) is 0.688. The monoisotopic (exact) mass is 206 g/mol. The molecule has 1 heteroatoms. The third-order valence-electron chi connectivity index (χ3n) is 5.89. The van der Waals surface area contributed by atoms with Crippen molar-refractivity contribution in [2.75, 3.05) is 0 Å². The predicted octanol–water partition coefficient (Wildman–Crippen LogP) is 3.14. The topological polar surface area (TPSA) is 20.2 Å². The van der Waals surface area contributed by atoms with Crippen LogP contribution in [0.5, 0.6) is 0 Å². The highest BCUT2D eigenvalue weighted by Gasteiger charge is 2.65. The Labute approximate surface area is 92.6 Å². The van der Waals surface area contributed by atoms with E-state index in [1.54, 1.807) is 0 Å². The third kappa shape index (κ3) is 0.898. The number of rotatable bonds is 2. The van der Waals surface area contributed by atoms with Gasteiger partial charge in [-0.05, 0) is 49.9 Å². The van der Waals surface area contributed by atoms with Gasteiger partial charge in [0.05, 0.1) is 5.60 Å². The lowest BCUT2D eigenvalue weighted by molar-refractivity contribution is -0.145. The van der Waals surface area contributed by atoms with Crippen molar-refractivity contribution in [3.63, 3.8) is 0 Å². The highest BCUT2D eigenvalue weighted by molar-refractivity contribution is 5.25. The van der Waals surface area contributed by atoms with Crippen molar-refractivity contribution >= 4 is 0 Å². The van der Waals surface area contributed by atoms with Gasteiger partial charge in [0.1, 0.15) is 0 Å². The fourth-order valence-electron chi connectivity index (χ4n) is 5.11. The Balaban J connectivity index is 2.12. The molecule has 0 saturated heterocycles. The molecule has 0 spiro atoms. The van der Waals surface area contributed by atoms with Crippen LogP contribution in [0.4, 0.5) is 0 Å². The molecule has 4 bridgehead atoms. The van der Waals surface area contributed by atoms with Crippen LogP contribution in [-0.2, 0) is 0 Å². The number of aliphatic hydroxyl groups is 1. The van der Waals surface area contributed by atoms with Gasteiger partial charge >= 0.3 is 0 Å². The van der Waals surface area contributed by atoms with E-state index in [9.17, 15) is 5.11 Å². The van der Waals surface area contributed by atoms with Crippen molar-refractivity contribution in [1.82, 2.24) is 0 Å². The minimum atomic E-state index is -0.362. The smallest absolute Gasteiger partial charge is 0.0740 e. The Morgan fingerprint density at radius 1 is 1.27 bits per heavy atom. The van der Waals surface area contributed by atoms with Crippen molar-refractivity contribution < 1.29 is 5.11 Å². The SMILES string of the molecule is CC[C@]12CC[C@H]([C@H]3C=C[C@@H]1C3)[C@@]2(O)CC. The molecule has 0 unspecified atom stereocenters. The van der Waals surface area contributed by atoms with E-state index in [1.807, 2.05) is 0 Å². The third-order valence-corrected chi connectivity index (χ3v) is 5.89. The van der Waals surface area contributed by atoms with E-state index in [0.717, 1.165) is 12.8 Å². The molecule has 0 aromatic rings. The standard InChI is InChI=1S/C14H22O/c1-3-13-8-7-12(14(13,15)4-2)10-5-6-11(13)9-10/h5-6,10-12,15H,3-4,7-9H2,1-2H3/t10-,11+,12+,13-,14-/m0/s1. The van der Waals surface area contributed by atoms with Crippen molar-refractivity contribution in [3.05, 3.63) is 12.2 Å². The molecule has 3 rings (SSSR count). The average molecular weight is 206 g/mol. The lowest BCUT2D eigenvalue weighted by Gasteiger charge is -2.52. The molecule has 1 nitrogen and oxygen atoms in total. The Bertz CT molecular complexity index is 308. The lowest BCUT2D eigenvalue weighted by Crippen LogP contribution is -2.55. The van der Waals surface area contributed by atoms with Crippen LogP contribution in [0.2, 0.25) is 0 Å². The summed E-state index contributed by atoms with van der Waals surface area (Å²) in [7, 11) is 0. The molecule has 3 aliphatic carbocycles. The molecule has 1 N–H and O–H groups in total. The van der Waals surface area contributed by atoms with Gasteiger partial charge < -0.3 is 5.11 Å². The Morgan fingerprint density at radius 3 is 2.73 bits per heavy atom. The van der Waals surface area contributed by atoms with Crippen LogP contribution in [0.25, 0.3) is 0 Å². The second-order valence-corrected chi connectivity index (χ2v) is 5.82. The fraction of sp³-hybridized carbons (Fsp3) is 0.857. The number of hydrogen-bond donors (Lipinski definition) is 1. The first-order chi connectivity index (χ1) is 7.18. The molecule has 0 radical (unpaired) electrons. The summed E-state index contributed by atoms with van der Waals surface area (Å²) in [6.07, 6.45) is 10.7. The maximum absolute atomic E-state index is 11.1. The highest BCUT2D eigenvalue weighted by atomic mass is 16.3. The van der Waals surface area contributed by atoms with Crippen LogP contribution in [-0.4, -0.2) is 10.7 Å². The Morgan fingerprint density at radius 2 is 2.07 bits per heavy atom. The summed E-state index contributed by atoms with van der Waals surface area (Å²) in [6, 6.07) is 0. The molecular formula is C14H22O. The molecule has 0 heterocycles. The molecule has 2 saturated carbocycles. The molecule has 0 aromatic heterocycles. The van der Waals surface area contributed by atoms with Crippen LogP contribution >= 0.6 is 0 Å². The summed E-state index contributed by atoms with van der Waals surface area (Å²) in [5.41, 5.74) is -0.144. The van der Waals surface area contributed by atoms with Crippen molar-refractivity contribution in [1.29, 1.82) is 0 Å². The lowest BCUT2D eigenvalue weighted by atomic mass is 9.56. The van der Waals surface area contributed by atoms with E-state index in [4.69, 9.17) is 0 Å². The minimum Gasteiger partial charge on any atom is -0.389 e. The van der Waals surface area contributed by atoms with E-state index >= 15 is 0 Å². The molecule has 84 valence electrons. The zero-order valence-electron chi connectivity index (χ0n) is 9.87. The van der Waals surface area contributed by atoms with Gasteiger partial charge in [0.2, 0.25) is 0 Å².